The summed E-state index contributed by atoms with van der Waals surface area (Å²) in [5, 5.41) is 38.4. The van der Waals surface area contributed by atoms with E-state index in [-0.39, 0.29) is 31.3 Å². The Labute approximate surface area is 224 Å². The van der Waals surface area contributed by atoms with Crippen molar-refractivity contribution in [3.63, 3.8) is 0 Å². The second-order valence-corrected chi connectivity index (χ2v) is 7.98. The van der Waals surface area contributed by atoms with Gasteiger partial charge in [0.1, 0.15) is 12.4 Å². The molecule has 0 bridgehead atoms. The van der Waals surface area contributed by atoms with Gasteiger partial charge in [-0.25, -0.2) is 9.59 Å². The summed E-state index contributed by atoms with van der Waals surface area (Å²) in [6.45, 7) is 0.601. The van der Waals surface area contributed by atoms with Gasteiger partial charge in [-0.05, 0) is 23.6 Å². The summed E-state index contributed by atoms with van der Waals surface area (Å²) in [6, 6.07) is 12.6. The van der Waals surface area contributed by atoms with Crippen LogP contribution in [-0.4, -0.2) is 75.5 Å². The third-order valence-electron chi connectivity index (χ3n) is 4.81. The summed E-state index contributed by atoms with van der Waals surface area (Å²) in [4.78, 5) is 57.4. The predicted molar refractivity (Wildman–Crippen MR) is 142 cm³/mol. The summed E-state index contributed by atoms with van der Waals surface area (Å²) in [5.74, 6) is -3.81. The molecule has 2 aromatic rings. The van der Waals surface area contributed by atoms with E-state index in [1.54, 1.807) is 60.7 Å². The maximum atomic E-state index is 12.6. The highest BCUT2D eigenvalue weighted by Crippen LogP contribution is 2.13. The van der Waals surface area contributed by atoms with Crippen molar-refractivity contribution in [2.24, 2.45) is 5.73 Å². The molecule has 0 aliphatic carbocycles. The van der Waals surface area contributed by atoms with E-state index in [0.29, 0.717) is 11.1 Å². The van der Waals surface area contributed by atoms with Crippen molar-refractivity contribution in [1.82, 2.24) is 15.5 Å². The molecule has 0 aliphatic rings. The van der Waals surface area contributed by atoms with E-state index < -0.39 is 36.5 Å². The Hall–Kier alpha value is -5.20. The molecule has 0 fully saturated rings. The molecular formula is C26H31N5O8. The number of nitrogens with zero attached hydrogens (tertiary/aromatic N) is 1. The Bertz CT molecular complexity index is 1180. The van der Waals surface area contributed by atoms with Gasteiger partial charge in [-0.3, -0.25) is 19.8 Å². The second-order valence-electron chi connectivity index (χ2n) is 7.98. The molecule has 1 unspecified atom stereocenters. The maximum absolute atomic E-state index is 12.6. The van der Waals surface area contributed by atoms with Crippen LogP contribution in [0.25, 0.3) is 6.08 Å². The van der Waals surface area contributed by atoms with Gasteiger partial charge in [0.05, 0.1) is 0 Å². The molecule has 0 aliphatic heterocycles. The number of hydrogen-bond donors (Lipinski definition) is 7. The smallest absolute Gasteiger partial charge is 0.330 e. The summed E-state index contributed by atoms with van der Waals surface area (Å²) in [7, 11) is 0. The van der Waals surface area contributed by atoms with Gasteiger partial charge >= 0.3 is 18.0 Å². The molecule has 0 spiro atoms. The highest BCUT2D eigenvalue weighted by molar-refractivity contribution is 5.95. The van der Waals surface area contributed by atoms with Crippen molar-refractivity contribution in [3.8, 4) is 0 Å². The topological polar surface area (TPSA) is 223 Å². The molecular weight excluding hydrogens is 510 g/mol. The molecule has 3 amide bonds. The first-order valence-corrected chi connectivity index (χ1v) is 11.6. The molecule has 2 rings (SSSR count). The molecule has 8 N–H and O–H groups in total. The van der Waals surface area contributed by atoms with E-state index >= 15 is 0 Å². The Kier molecular flexibility index (Phi) is 13.5. The van der Waals surface area contributed by atoms with Crippen molar-refractivity contribution in [3.05, 3.63) is 77.4 Å². The van der Waals surface area contributed by atoms with Crippen LogP contribution in [0.5, 0.6) is 0 Å². The van der Waals surface area contributed by atoms with Gasteiger partial charge in [0.2, 0.25) is 5.91 Å². The number of amidine groups is 1. The fourth-order valence-corrected chi connectivity index (χ4v) is 3.05. The summed E-state index contributed by atoms with van der Waals surface area (Å²) < 4.78 is 0. The van der Waals surface area contributed by atoms with Crippen LogP contribution in [0.1, 0.15) is 36.1 Å². The molecule has 13 nitrogen and oxygen atoms in total. The lowest BCUT2D eigenvalue weighted by atomic mass is 10.1. The van der Waals surface area contributed by atoms with Crippen LogP contribution in [0.2, 0.25) is 0 Å². The van der Waals surface area contributed by atoms with Gasteiger partial charge in [0, 0.05) is 31.7 Å². The number of urea groups is 1. The zero-order valence-electron chi connectivity index (χ0n) is 21.2. The molecule has 0 heterocycles. The molecule has 0 radical (unpaired) electrons. The quantitative estimate of drug-likeness (QED) is 0.0893. The zero-order chi connectivity index (χ0) is 29.4. The van der Waals surface area contributed by atoms with Crippen LogP contribution in [0, 0.1) is 5.41 Å². The minimum atomic E-state index is -1.34. The van der Waals surface area contributed by atoms with Crippen molar-refractivity contribution in [2.45, 2.75) is 19.4 Å². The number of nitrogens with two attached hydrogens (primary N) is 1. The summed E-state index contributed by atoms with van der Waals surface area (Å²) >= 11 is 0. The molecule has 208 valence electrons. The Morgan fingerprint density at radius 1 is 1.00 bits per heavy atom. The zero-order valence-corrected chi connectivity index (χ0v) is 21.2. The number of nitrogen functional groups attached to an aromatic ring is 1. The highest BCUT2D eigenvalue weighted by atomic mass is 16.4. The number of carboxylic acids is 3. The van der Waals surface area contributed by atoms with Gasteiger partial charge in [-0.15, -0.1) is 0 Å². The normalized spacial score (nSPS) is 10.9. The lowest BCUT2D eigenvalue weighted by molar-refractivity contribution is -0.139. The minimum absolute atomic E-state index is 0.0181. The molecule has 2 aromatic carbocycles. The number of nitrogens with one attached hydrogen (secondary N) is 3. The van der Waals surface area contributed by atoms with Crippen LogP contribution in [0.3, 0.4) is 0 Å². The molecule has 13 heteroatoms. The van der Waals surface area contributed by atoms with Crippen molar-refractivity contribution >= 4 is 41.8 Å². The number of carbonyl (C=O) groups excluding carboxylic acids is 2. The number of hydrogen-bond acceptors (Lipinski definition) is 6. The van der Waals surface area contributed by atoms with Crippen molar-refractivity contribution in [2.75, 3.05) is 19.6 Å². The lowest BCUT2D eigenvalue weighted by Gasteiger charge is -2.24. The third kappa shape index (κ3) is 13.1. The highest BCUT2D eigenvalue weighted by Gasteiger charge is 2.25. The van der Waals surface area contributed by atoms with Crippen LogP contribution >= 0.6 is 0 Å². The molecule has 0 saturated carbocycles. The average molecular weight is 542 g/mol. The van der Waals surface area contributed by atoms with Gasteiger partial charge in [0.25, 0.3) is 5.97 Å². The number of carbonyl (C=O) groups is 5. The minimum Gasteiger partial charge on any atom is -0.481 e. The first kappa shape index (κ1) is 31.8. The fourth-order valence-electron chi connectivity index (χ4n) is 3.05. The van der Waals surface area contributed by atoms with E-state index in [1.165, 1.54) is 6.08 Å². The number of carboxylic acid groups (broad SMARTS) is 3. The van der Waals surface area contributed by atoms with Gasteiger partial charge in [0.15, 0.2) is 6.04 Å². The van der Waals surface area contributed by atoms with E-state index in [0.717, 1.165) is 17.4 Å². The Morgan fingerprint density at radius 2 is 1.59 bits per heavy atom. The summed E-state index contributed by atoms with van der Waals surface area (Å²) in [5.41, 5.74) is 7.05. The first-order chi connectivity index (χ1) is 18.4. The molecule has 39 heavy (non-hydrogen) atoms. The van der Waals surface area contributed by atoms with E-state index in [1.807, 2.05) is 0 Å². The van der Waals surface area contributed by atoms with E-state index in [9.17, 15) is 24.3 Å². The van der Waals surface area contributed by atoms with Gasteiger partial charge in [-0.1, -0.05) is 54.6 Å². The number of rotatable bonds is 12. The Morgan fingerprint density at radius 3 is 2.10 bits per heavy atom. The number of aliphatic carboxylic acids is 3. The van der Waals surface area contributed by atoms with Crippen LogP contribution < -0.4 is 16.4 Å². The fraction of sp³-hybridized carbons (Fsp3) is 0.231. The number of amides is 3. The lowest BCUT2D eigenvalue weighted by Crippen LogP contribution is -2.46. The van der Waals surface area contributed by atoms with E-state index in [2.05, 4.69) is 10.6 Å². The largest absolute Gasteiger partial charge is 0.481 e. The molecule has 0 aromatic heterocycles. The van der Waals surface area contributed by atoms with Crippen LogP contribution in [0.15, 0.2) is 60.7 Å². The number of benzene rings is 2. The van der Waals surface area contributed by atoms with Crippen molar-refractivity contribution in [1.29, 1.82) is 5.41 Å². The van der Waals surface area contributed by atoms with Crippen molar-refractivity contribution < 1.29 is 39.3 Å². The standard InChI is InChI=1S/C24H27N5O6.C2H4O2/c25-22(26)18-10-7-16(8-11-18)9-12-19(30)27-13-4-14-29(15-20(31)32)24(35)28-21(23(33)34)17-5-2-1-3-6-17;1-2(3)4/h1-3,5-12,21H,4,13-15H2,(H3,25,26)(H,27,30)(H,28,35)(H,31,32)(H,33,34);1H3,(H,3,4). The van der Waals surface area contributed by atoms with Crippen LogP contribution in [-0.2, 0) is 19.2 Å². The monoisotopic (exact) mass is 541 g/mol. The second kappa shape index (κ2) is 16.5. The van der Waals surface area contributed by atoms with Gasteiger partial charge in [-0.2, -0.15) is 0 Å². The molecule has 1 atom stereocenters. The van der Waals surface area contributed by atoms with Crippen LogP contribution in [0.4, 0.5) is 4.79 Å². The third-order valence-corrected chi connectivity index (χ3v) is 4.81. The molecule has 0 saturated heterocycles. The summed E-state index contributed by atoms with van der Waals surface area (Å²) in [6.07, 6.45) is 3.15. The first-order valence-electron chi connectivity index (χ1n) is 11.6. The SMILES string of the molecule is CC(=O)O.N=C(N)c1ccc(C=CC(=O)NCCCN(CC(=O)O)C(=O)NC(C(=O)O)c2ccccc2)cc1. The van der Waals surface area contributed by atoms with Gasteiger partial charge < -0.3 is 36.6 Å². The predicted octanol–water partition coefficient (Wildman–Crippen LogP) is 1.50. The van der Waals surface area contributed by atoms with E-state index in [4.69, 9.17) is 26.2 Å². The maximum Gasteiger partial charge on any atom is 0.330 e. The Balaban J connectivity index is 0.00000177. The average Bonchev–Trinajstić information content (AvgIpc) is 2.87.